The second-order valence-electron chi connectivity index (χ2n) is 8.59. The molecule has 0 bridgehead atoms. The first-order valence-corrected chi connectivity index (χ1v) is 13.3. The SMILES string of the molecule is COC(=O)c1c(NC(=O)c2ccc(C)c(S(=O)(=O)Nc3ccc(C)cc3)c2)sc2c1CCN(C)C2. The maximum absolute atomic E-state index is 13.2. The van der Waals surface area contributed by atoms with Crippen LogP contribution >= 0.6 is 11.3 Å². The lowest BCUT2D eigenvalue weighted by atomic mass is 10.0. The summed E-state index contributed by atoms with van der Waals surface area (Å²) in [5.74, 6) is -1.01. The number of anilines is 2. The van der Waals surface area contributed by atoms with E-state index in [-0.39, 0.29) is 10.5 Å². The summed E-state index contributed by atoms with van der Waals surface area (Å²) in [4.78, 5) is 28.8. The number of hydrogen-bond donors (Lipinski definition) is 2. The Morgan fingerprint density at radius 3 is 2.49 bits per heavy atom. The third-order valence-electron chi connectivity index (χ3n) is 5.91. The van der Waals surface area contributed by atoms with Crippen LogP contribution in [0.3, 0.4) is 0 Å². The van der Waals surface area contributed by atoms with Crippen molar-refractivity contribution in [3.8, 4) is 0 Å². The zero-order valence-electron chi connectivity index (χ0n) is 20.0. The van der Waals surface area contributed by atoms with Gasteiger partial charge in [-0.05, 0) is 62.7 Å². The van der Waals surface area contributed by atoms with Gasteiger partial charge in [-0.3, -0.25) is 9.52 Å². The standard InChI is InChI=1S/C25H27N3O5S2/c1-15-5-9-18(10-6-15)27-35(31,32)21-13-17(8-7-16(21)2)23(29)26-24-22(25(30)33-4)19-11-12-28(3)14-20(19)34-24/h5-10,13,27H,11-12,14H2,1-4H3,(H,26,29). The third-order valence-corrected chi connectivity index (χ3v) is 8.56. The van der Waals surface area contributed by atoms with Crippen LogP contribution in [-0.2, 0) is 27.7 Å². The lowest BCUT2D eigenvalue weighted by molar-refractivity contribution is 0.0600. The molecule has 1 amide bonds. The Labute approximate surface area is 209 Å². The Balaban J connectivity index is 1.64. The minimum Gasteiger partial charge on any atom is -0.465 e. The van der Waals surface area contributed by atoms with E-state index in [1.807, 2.05) is 26.1 Å². The molecule has 8 nitrogen and oxygen atoms in total. The van der Waals surface area contributed by atoms with Gasteiger partial charge in [0.2, 0.25) is 0 Å². The molecule has 2 N–H and O–H groups in total. The molecule has 0 saturated carbocycles. The molecule has 10 heteroatoms. The van der Waals surface area contributed by atoms with Crippen molar-refractivity contribution >= 4 is 43.9 Å². The van der Waals surface area contributed by atoms with Crippen molar-refractivity contribution in [1.29, 1.82) is 0 Å². The van der Waals surface area contributed by atoms with E-state index >= 15 is 0 Å². The molecule has 1 aliphatic heterocycles. The maximum atomic E-state index is 13.2. The topological polar surface area (TPSA) is 105 Å². The van der Waals surface area contributed by atoms with Crippen molar-refractivity contribution in [2.24, 2.45) is 0 Å². The van der Waals surface area contributed by atoms with E-state index in [4.69, 9.17) is 4.74 Å². The average molecular weight is 514 g/mol. The highest BCUT2D eigenvalue weighted by molar-refractivity contribution is 7.92. The van der Waals surface area contributed by atoms with Gasteiger partial charge >= 0.3 is 5.97 Å². The van der Waals surface area contributed by atoms with Crippen LogP contribution in [0.2, 0.25) is 0 Å². The van der Waals surface area contributed by atoms with Gasteiger partial charge in [0.25, 0.3) is 15.9 Å². The number of nitrogens with zero attached hydrogens (tertiary/aromatic N) is 1. The van der Waals surface area contributed by atoms with E-state index in [0.29, 0.717) is 34.8 Å². The van der Waals surface area contributed by atoms with Gasteiger partial charge in [-0.25, -0.2) is 13.2 Å². The monoisotopic (exact) mass is 513 g/mol. The molecule has 2 heterocycles. The molecule has 1 aliphatic rings. The van der Waals surface area contributed by atoms with Crippen molar-refractivity contribution in [2.45, 2.75) is 31.7 Å². The summed E-state index contributed by atoms with van der Waals surface area (Å²) in [7, 11) is -0.618. The van der Waals surface area contributed by atoms with Crippen LogP contribution in [0.4, 0.5) is 10.7 Å². The van der Waals surface area contributed by atoms with Crippen molar-refractivity contribution in [1.82, 2.24) is 4.90 Å². The average Bonchev–Trinajstić information content (AvgIpc) is 3.16. The lowest BCUT2D eigenvalue weighted by Crippen LogP contribution is -2.26. The predicted molar refractivity (Wildman–Crippen MR) is 137 cm³/mol. The first-order valence-electron chi connectivity index (χ1n) is 11.0. The number of hydrogen-bond acceptors (Lipinski definition) is 7. The Hall–Kier alpha value is -3.21. The molecular weight excluding hydrogens is 486 g/mol. The van der Waals surface area contributed by atoms with Gasteiger partial charge in [-0.15, -0.1) is 11.3 Å². The van der Waals surface area contributed by atoms with Crippen molar-refractivity contribution in [3.05, 3.63) is 75.2 Å². The summed E-state index contributed by atoms with van der Waals surface area (Å²) in [5, 5.41) is 3.22. The molecule has 2 aromatic carbocycles. The van der Waals surface area contributed by atoms with Gasteiger partial charge in [0.05, 0.1) is 17.6 Å². The van der Waals surface area contributed by atoms with Gasteiger partial charge in [0.1, 0.15) is 5.00 Å². The molecule has 4 rings (SSSR count). The van der Waals surface area contributed by atoms with Crippen LogP contribution in [0.15, 0.2) is 47.4 Å². The minimum atomic E-state index is -3.93. The van der Waals surface area contributed by atoms with E-state index in [2.05, 4.69) is 14.9 Å². The zero-order valence-corrected chi connectivity index (χ0v) is 21.6. The highest BCUT2D eigenvalue weighted by Gasteiger charge is 2.29. The molecular formula is C25H27N3O5S2. The second-order valence-corrected chi connectivity index (χ2v) is 11.3. The molecule has 0 atom stereocenters. The first kappa shape index (κ1) is 24.9. The zero-order chi connectivity index (χ0) is 25.3. The van der Waals surface area contributed by atoms with E-state index in [1.165, 1.54) is 24.5 Å². The van der Waals surface area contributed by atoms with Crippen LogP contribution in [0.5, 0.6) is 0 Å². The largest absolute Gasteiger partial charge is 0.465 e. The number of esters is 1. The highest BCUT2D eigenvalue weighted by Crippen LogP contribution is 2.37. The molecule has 0 saturated heterocycles. The summed E-state index contributed by atoms with van der Waals surface area (Å²) in [6.45, 7) is 5.06. The number of aryl methyl sites for hydroxylation is 2. The molecule has 0 spiro atoms. The molecule has 1 aromatic heterocycles. The normalized spacial score (nSPS) is 13.7. The van der Waals surface area contributed by atoms with Crippen molar-refractivity contribution < 1.29 is 22.7 Å². The molecule has 0 unspecified atom stereocenters. The van der Waals surface area contributed by atoms with Crippen LogP contribution in [-0.4, -0.2) is 45.9 Å². The Morgan fingerprint density at radius 2 is 1.80 bits per heavy atom. The summed E-state index contributed by atoms with van der Waals surface area (Å²) < 4.78 is 33.7. The summed E-state index contributed by atoms with van der Waals surface area (Å²) in [5.41, 5.74) is 3.38. The number of benzene rings is 2. The number of rotatable bonds is 6. The van der Waals surface area contributed by atoms with Crippen LogP contribution < -0.4 is 10.0 Å². The highest BCUT2D eigenvalue weighted by atomic mass is 32.2. The Kier molecular flexibility index (Phi) is 6.98. The maximum Gasteiger partial charge on any atom is 0.341 e. The minimum absolute atomic E-state index is 0.00557. The Bertz CT molecular complexity index is 1400. The summed E-state index contributed by atoms with van der Waals surface area (Å²) in [6.07, 6.45) is 0.681. The van der Waals surface area contributed by atoms with E-state index in [1.54, 1.807) is 31.2 Å². The van der Waals surface area contributed by atoms with E-state index in [9.17, 15) is 18.0 Å². The number of thiophene rings is 1. The fourth-order valence-corrected chi connectivity index (χ4v) is 6.62. The molecule has 3 aromatic rings. The van der Waals surface area contributed by atoms with Gasteiger partial charge < -0.3 is 15.0 Å². The molecule has 184 valence electrons. The fraction of sp³-hybridized carbons (Fsp3) is 0.280. The van der Waals surface area contributed by atoms with Crippen LogP contribution in [0.1, 0.15) is 42.3 Å². The van der Waals surface area contributed by atoms with Crippen LogP contribution in [0.25, 0.3) is 0 Å². The number of amides is 1. The van der Waals surface area contributed by atoms with E-state index < -0.39 is 21.9 Å². The number of carbonyl (C=O) groups is 2. The summed E-state index contributed by atoms with van der Waals surface area (Å²) in [6, 6.07) is 11.5. The van der Waals surface area contributed by atoms with Gasteiger partial charge in [0, 0.05) is 29.2 Å². The van der Waals surface area contributed by atoms with Crippen molar-refractivity contribution in [3.63, 3.8) is 0 Å². The predicted octanol–water partition coefficient (Wildman–Crippen LogP) is 4.19. The number of fused-ring (bicyclic) bond motifs is 1. The third kappa shape index (κ3) is 5.24. The smallest absolute Gasteiger partial charge is 0.341 e. The first-order chi connectivity index (χ1) is 16.6. The molecule has 0 aliphatic carbocycles. The number of sulfonamides is 1. The van der Waals surface area contributed by atoms with E-state index in [0.717, 1.165) is 22.5 Å². The number of likely N-dealkylation sites (N-methyl/N-ethyl adjacent to an activating group) is 1. The number of nitrogens with one attached hydrogen (secondary N) is 2. The number of methoxy groups -OCH3 is 1. The molecule has 35 heavy (non-hydrogen) atoms. The molecule has 0 fully saturated rings. The fourth-order valence-electron chi connectivity index (χ4n) is 3.98. The lowest BCUT2D eigenvalue weighted by Gasteiger charge is -2.22. The molecule has 0 radical (unpaired) electrons. The Morgan fingerprint density at radius 1 is 1.09 bits per heavy atom. The van der Waals surface area contributed by atoms with Crippen molar-refractivity contribution in [2.75, 3.05) is 30.7 Å². The van der Waals surface area contributed by atoms with Gasteiger partial charge in [-0.1, -0.05) is 23.8 Å². The quantitative estimate of drug-likeness (QED) is 0.479. The van der Waals surface area contributed by atoms with Gasteiger partial charge in [0.15, 0.2) is 0 Å². The second kappa shape index (κ2) is 9.80. The summed E-state index contributed by atoms with van der Waals surface area (Å²) >= 11 is 1.34. The number of carbonyl (C=O) groups excluding carboxylic acids is 2. The van der Waals surface area contributed by atoms with Crippen LogP contribution in [0, 0.1) is 13.8 Å². The number of ether oxygens (including phenoxy) is 1. The van der Waals surface area contributed by atoms with Gasteiger partial charge in [-0.2, -0.15) is 0 Å².